The van der Waals surface area contributed by atoms with Crippen molar-refractivity contribution in [2.45, 2.75) is 40.0 Å². The molecule has 0 aromatic heterocycles. The van der Waals surface area contributed by atoms with Gasteiger partial charge in [0.15, 0.2) is 0 Å². The summed E-state index contributed by atoms with van der Waals surface area (Å²) in [6.07, 6.45) is 0.742. The van der Waals surface area contributed by atoms with E-state index in [4.69, 9.17) is 9.47 Å². The molecule has 100 valence electrons. The second-order valence-electron chi connectivity index (χ2n) is 4.39. The number of benzene rings is 1. The van der Waals surface area contributed by atoms with Crippen LogP contribution in [0.2, 0.25) is 0 Å². The summed E-state index contributed by atoms with van der Waals surface area (Å²) in [7, 11) is 1.66. The minimum atomic E-state index is -0.186. The van der Waals surface area contributed by atoms with Crippen LogP contribution in [-0.4, -0.2) is 19.7 Å². The number of hydrogen-bond donors (Lipinski definition) is 0. The van der Waals surface area contributed by atoms with Gasteiger partial charge in [-0.25, -0.2) is 0 Å². The van der Waals surface area contributed by atoms with E-state index in [2.05, 4.69) is 0 Å². The number of hydrogen-bond acceptors (Lipinski definition) is 3. The average Bonchev–Trinajstić information content (AvgIpc) is 2.34. The van der Waals surface area contributed by atoms with Gasteiger partial charge in [0.05, 0.1) is 19.6 Å². The molecular formula is C15H22O3. The maximum absolute atomic E-state index is 11.9. The molecule has 1 atom stereocenters. The predicted molar refractivity (Wildman–Crippen MR) is 72.1 cm³/mol. The van der Waals surface area contributed by atoms with Gasteiger partial charge in [-0.05, 0) is 49.9 Å². The van der Waals surface area contributed by atoms with Gasteiger partial charge in [-0.15, -0.1) is 0 Å². The highest BCUT2D eigenvalue weighted by Gasteiger charge is 2.22. The molecule has 0 fully saturated rings. The average molecular weight is 250 g/mol. The maximum atomic E-state index is 11.9. The number of ether oxygens (including phenoxy) is 2. The predicted octanol–water partition coefficient (Wildman–Crippen LogP) is 3.37. The van der Waals surface area contributed by atoms with Crippen molar-refractivity contribution in [3.63, 3.8) is 0 Å². The molecule has 0 bridgehead atoms. The molecule has 0 aliphatic heterocycles. The summed E-state index contributed by atoms with van der Waals surface area (Å²) in [5.41, 5.74) is 3.15. The van der Waals surface area contributed by atoms with E-state index in [1.807, 2.05) is 39.8 Å². The highest BCUT2D eigenvalue weighted by atomic mass is 16.5. The molecule has 1 rings (SSSR count). The molecule has 1 aromatic rings. The fourth-order valence-corrected chi connectivity index (χ4v) is 2.16. The van der Waals surface area contributed by atoms with E-state index in [1.165, 1.54) is 0 Å². The zero-order valence-corrected chi connectivity index (χ0v) is 11.9. The molecule has 1 unspecified atom stereocenters. The van der Waals surface area contributed by atoms with Crippen molar-refractivity contribution in [2.24, 2.45) is 0 Å². The van der Waals surface area contributed by atoms with Crippen molar-refractivity contribution in [1.82, 2.24) is 0 Å². The van der Waals surface area contributed by atoms with Crippen LogP contribution in [0.25, 0.3) is 0 Å². The highest BCUT2D eigenvalue weighted by molar-refractivity contribution is 5.78. The van der Waals surface area contributed by atoms with Crippen molar-refractivity contribution >= 4 is 5.97 Å². The van der Waals surface area contributed by atoms with Gasteiger partial charge < -0.3 is 9.47 Å². The van der Waals surface area contributed by atoms with Gasteiger partial charge in [0, 0.05) is 0 Å². The van der Waals surface area contributed by atoms with Crippen molar-refractivity contribution < 1.29 is 14.3 Å². The van der Waals surface area contributed by atoms with E-state index >= 15 is 0 Å². The lowest BCUT2D eigenvalue weighted by molar-refractivity contribution is -0.145. The van der Waals surface area contributed by atoms with Gasteiger partial charge in [-0.2, -0.15) is 0 Å². The summed E-state index contributed by atoms with van der Waals surface area (Å²) in [5, 5.41) is 0. The Morgan fingerprint density at radius 3 is 2.39 bits per heavy atom. The van der Waals surface area contributed by atoms with Gasteiger partial charge in [0.1, 0.15) is 5.75 Å². The SMILES string of the molecule is CCOC(=O)C(CC)c1cc(C)c(OC)cc1C. The van der Waals surface area contributed by atoms with Crippen LogP contribution in [0.4, 0.5) is 0 Å². The fraction of sp³-hybridized carbons (Fsp3) is 0.533. The van der Waals surface area contributed by atoms with Gasteiger partial charge in [-0.1, -0.05) is 13.0 Å². The molecule has 0 aliphatic carbocycles. The molecule has 3 heteroatoms. The first-order valence-corrected chi connectivity index (χ1v) is 6.36. The van der Waals surface area contributed by atoms with Crippen LogP contribution in [-0.2, 0) is 9.53 Å². The minimum Gasteiger partial charge on any atom is -0.496 e. The van der Waals surface area contributed by atoms with Gasteiger partial charge in [0.25, 0.3) is 0 Å². The van der Waals surface area contributed by atoms with E-state index in [1.54, 1.807) is 7.11 Å². The quantitative estimate of drug-likeness (QED) is 0.752. The van der Waals surface area contributed by atoms with E-state index in [-0.39, 0.29) is 11.9 Å². The summed E-state index contributed by atoms with van der Waals surface area (Å²) in [4.78, 5) is 11.9. The second-order valence-corrected chi connectivity index (χ2v) is 4.39. The Kier molecular flexibility index (Phi) is 5.20. The van der Waals surface area contributed by atoms with Crippen LogP contribution in [0.15, 0.2) is 12.1 Å². The Bertz CT molecular complexity index is 424. The van der Waals surface area contributed by atoms with E-state index in [9.17, 15) is 4.79 Å². The summed E-state index contributed by atoms with van der Waals surface area (Å²) in [6.45, 7) is 8.24. The number of aryl methyl sites for hydroxylation is 2. The monoisotopic (exact) mass is 250 g/mol. The molecule has 0 radical (unpaired) electrons. The lowest BCUT2D eigenvalue weighted by Crippen LogP contribution is -2.16. The van der Waals surface area contributed by atoms with Crippen LogP contribution in [0.3, 0.4) is 0 Å². The first-order chi connectivity index (χ1) is 8.54. The lowest BCUT2D eigenvalue weighted by Gasteiger charge is -2.18. The Labute approximate surface area is 109 Å². The Morgan fingerprint density at radius 1 is 1.22 bits per heavy atom. The highest BCUT2D eigenvalue weighted by Crippen LogP contribution is 2.30. The Hall–Kier alpha value is -1.51. The first kappa shape index (κ1) is 14.6. The molecule has 0 saturated heterocycles. The van der Waals surface area contributed by atoms with E-state index < -0.39 is 0 Å². The standard InChI is InChI=1S/C15H22O3/c1-6-12(15(16)18-7-2)13-8-11(4)14(17-5)9-10(13)3/h8-9,12H,6-7H2,1-5H3. The van der Waals surface area contributed by atoms with Crippen LogP contribution < -0.4 is 4.74 Å². The molecule has 0 N–H and O–H groups in total. The summed E-state index contributed by atoms with van der Waals surface area (Å²) in [6, 6.07) is 4.01. The number of methoxy groups -OCH3 is 1. The van der Waals surface area contributed by atoms with Crippen molar-refractivity contribution in [2.75, 3.05) is 13.7 Å². The molecule has 3 nitrogen and oxygen atoms in total. The maximum Gasteiger partial charge on any atom is 0.313 e. The van der Waals surface area contributed by atoms with E-state index in [0.717, 1.165) is 28.9 Å². The molecule has 0 spiro atoms. The van der Waals surface area contributed by atoms with Crippen LogP contribution in [0, 0.1) is 13.8 Å². The van der Waals surface area contributed by atoms with Crippen LogP contribution in [0.1, 0.15) is 42.9 Å². The summed E-state index contributed by atoms with van der Waals surface area (Å²) < 4.78 is 10.4. The normalized spacial score (nSPS) is 12.1. The largest absolute Gasteiger partial charge is 0.496 e. The van der Waals surface area contributed by atoms with Crippen molar-refractivity contribution in [3.05, 3.63) is 28.8 Å². The zero-order valence-electron chi connectivity index (χ0n) is 11.9. The number of rotatable bonds is 5. The Morgan fingerprint density at radius 2 is 1.89 bits per heavy atom. The molecular weight excluding hydrogens is 228 g/mol. The fourth-order valence-electron chi connectivity index (χ4n) is 2.16. The topological polar surface area (TPSA) is 35.5 Å². The third-order valence-corrected chi connectivity index (χ3v) is 3.14. The zero-order chi connectivity index (χ0) is 13.7. The molecule has 1 aromatic carbocycles. The van der Waals surface area contributed by atoms with Crippen LogP contribution in [0.5, 0.6) is 5.75 Å². The molecule has 0 amide bonds. The molecule has 0 aliphatic rings. The third-order valence-electron chi connectivity index (χ3n) is 3.14. The number of carbonyl (C=O) groups is 1. The van der Waals surface area contributed by atoms with Crippen molar-refractivity contribution in [1.29, 1.82) is 0 Å². The Balaban J connectivity index is 3.14. The third kappa shape index (κ3) is 3.03. The van der Waals surface area contributed by atoms with Crippen LogP contribution >= 0.6 is 0 Å². The molecule has 0 saturated carbocycles. The molecule has 0 heterocycles. The first-order valence-electron chi connectivity index (χ1n) is 6.36. The number of carbonyl (C=O) groups excluding carboxylic acids is 1. The van der Waals surface area contributed by atoms with E-state index in [0.29, 0.717) is 6.61 Å². The summed E-state index contributed by atoms with van der Waals surface area (Å²) >= 11 is 0. The summed E-state index contributed by atoms with van der Waals surface area (Å²) in [5.74, 6) is 0.525. The molecule has 18 heavy (non-hydrogen) atoms. The second kappa shape index (κ2) is 6.43. The number of esters is 1. The van der Waals surface area contributed by atoms with Gasteiger partial charge >= 0.3 is 5.97 Å². The van der Waals surface area contributed by atoms with Gasteiger partial charge in [0.2, 0.25) is 0 Å². The van der Waals surface area contributed by atoms with Gasteiger partial charge in [-0.3, -0.25) is 4.79 Å². The smallest absolute Gasteiger partial charge is 0.313 e. The van der Waals surface area contributed by atoms with Crippen molar-refractivity contribution in [3.8, 4) is 5.75 Å². The minimum absolute atomic E-state index is 0.146. The lowest BCUT2D eigenvalue weighted by atomic mass is 9.91.